The van der Waals surface area contributed by atoms with Gasteiger partial charge in [-0.3, -0.25) is 0 Å². The van der Waals surface area contributed by atoms with Gasteiger partial charge in [0.1, 0.15) is 0 Å². The van der Waals surface area contributed by atoms with Crippen LogP contribution in [-0.2, 0) is 0 Å². The second-order valence-electron chi connectivity index (χ2n) is 2.61. The number of hydrogen-bond acceptors (Lipinski definition) is 5. The molecule has 0 fully saturated rings. The Balaban J connectivity index is 3.11. The fraction of sp³-hybridized carbons (Fsp3) is 0. The van der Waals surface area contributed by atoms with Gasteiger partial charge in [-0.15, -0.1) is 12.6 Å². The third kappa shape index (κ3) is 2.75. The molecule has 0 aliphatic rings. The van der Waals surface area contributed by atoms with E-state index in [-0.39, 0.29) is 10.9 Å². The maximum Gasteiger partial charge on any atom is 0.488 e. The van der Waals surface area contributed by atoms with Gasteiger partial charge in [0.15, 0.2) is 0 Å². The van der Waals surface area contributed by atoms with Crippen molar-refractivity contribution in [3.8, 4) is 0 Å². The minimum absolute atomic E-state index is 0.176. The van der Waals surface area contributed by atoms with Gasteiger partial charge in [-0.2, -0.15) is 0 Å². The third-order valence-electron chi connectivity index (χ3n) is 1.56. The molecule has 0 saturated heterocycles. The molecule has 1 aromatic carbocycles. The minimum Gasteiger partial charge on any atom is -0.423 e. The first-order valence-electron chi connectivity index (χ1n) is 3.57. The molecular weight excluding hydrogens is 190 g/mol. The summed E-state index contributed by atoms with van der Waals surface area (Å²) in [6.45, 7) is 0. The number of rotatable bonds is 2. The highest BCUT2D eigenvalue weighted by Crippen LogP contribution is 2.00. The summed E-state index contributed by atoms with van der Waals surface area (Å²) in [5, 5.41) is 35.3. The third-order valence-corrected chi connectivity index (χ3v) is 1.82. The van der Waals surface area contributed by atoms with Crippen LogP contribution in [0.3, 0.4) is 0 Å². The second-order valence-corrected chi connectivity index (χ2v) is 3.12. The lowest BCUT2D eigenvalue weighted by molar-refractivity contribution is 0.425. The van der Waals surface area contributed by atoms with E-state index in [1.54, 1.807) is 0 Å². The SMILES string of the molecule is OB(O)c1cc(S)cc(B(O)O)c1. The van der Waals surface area contributed by atoms with Crippen LogP contribution in [0.25, 0.3) is 0 Å². The van der Waals surface area contributed by atoms with Crippen LogP contribution in [0.2, 0.25) is 0 Å². The zero-order chi connectivity index (χ0) is 10.0. The average molecular weight is 198 g/mol. The van der Waals surface area contributed by atoms with Crippen molar-refractivity contribution < 1.29 is 20.1 Å². The molecule has 0 saturated carbocycles. The Morgan fingerprint density at radius 3 is 1.54 bits per heavy atom. The molecule has 0 atom stereocenters. The summed E-state index contributed by atoms with van der Waals surface area (Å²) < 4.78 is 0. The van der Waals surface area contributed by atoms with Crippen molar-refractivity contribution in [3.63, 3.8) is 0 Å². The lowest BCUT2D eigenvalue weighted by Crippen LogP contribution is -2.38. The van der Waals surface area contributed by atoms with Crippen LogP contribution < -0.4 is 10.9 Å². The molecule has 1 rings (SSSR count). The van der Waals surface area contributed by atoms with Crippen LogP contribution in [0.15, 0.2) is 23.1 Å². The number of hydrogen-bond donors (Lipinski definition) is 5. The molecule has 0 spiro atoms. The molecule has 4 N–H and O–H groups in total. The van der Waals surface area contributed by atoms with E-state index in [0.29, 0.717) is 4.90 Å². The molecule has 4 nitrogen and oxygen atoms in total. The van der Waals surface area contributed by atoms with Gasteiger partial charge in [-0.05, 0) is 23.1 Å². The molecule has 0 bridgehead atoms. The topological polar surface area (TPSA) is 80.9 Å². The van der Waals surface area contributed by atoms with Gasteiger partial charge >= 0.3 is 14.2 Å². The molecule has 0 aliphatic carbocycles. The van der Waals surface area contributed by atoms with E-state index in [9.17, 15) is 0 Å². The highest BCUT2D eigenvalue weighted by molar-refractivity contribution is 7.80. The minimum atomic E-state index is -1.63. The molecule has 68 valence electrons. The molecular formula is C6H8B2O4S. The Labute approximate surface area is 81.5 Å². The first-order valence-corrected chi connectivity index (χ1v) is 4.01. The maximum atomic E-state index is 8.81. The van der Waals surface area contributed by atoms with Gasteiger partial charge in [0.25, 0.3) is 0 Å². The van der Waals surface area contributed by atoms with Crippen LogP contribution in [0.5, 0.6) is 0 Å². The molecule has 0 unspecified atom stereocenters. The van der Waals surface area contributed by atoms with Crippen LogP contribution in [0.4, 0.5) is 0 Å². The van der Waals surface area contributed by atoms with Crippen LogP contribution in [-0.4, -0.2) is 34.3 Å². The summed E-state index contributed by atoms with van der Waals surface area (Å²) in [5.74, 6) is 0. The fourth-order valence-corrected chi connectivity index (χ4v) is 1.26. The van der Waals surface area contributed by atoms with Crippen molar-refractivity contribution in [1.29, 1.82) is 0 Å². The van der Waals surface area contributed by atoms with Crippen molar-refractivity contribution in [2.24, 2.45) is 0 Å². The lowest BCUT2D eigenvalue weighted by atomic mass is 9.73. The summed E-state index contributed by atoms with van der Waals surface area (Å²) in [7, 11) is -3.27. The van der Waals surface area contributed by atoms with Crippen LogP contribution in [0, 0.1) is 0 Å². The standard InChI is InChI=1S/C6H8B2O4S/c9-7(10)4-1-5(8(11)12)3-6(13)2-4/h1-3,9-13H. The highest BCUT2D eigenvalue weighted by Gasteiger charge is 2.17. The van der Waals surface area contributed by atoms with Crippen molar-refractivity contribution >= 4 is 37.8 Å². The Morgan fingerprint density at radius 1 is 0.846 bits per heavy atom. The molecule has 0 aromatic heterocycles. The quantitative estimate of drug-likeness (QED) is 0.265. The summed E-state index contributed by atoms with van der Waals surface area (Å²) >= 11 is 3.97. The van der Waals surface area contributed by atoms with E-state index >= 15 is 0 Å². The summed E-state index contributed by atoms with van der Waals surface area (Å²) in [6.07, 6.45) is 0. The normalized spacial score (nSPS) is 9.92. The molecule has 0 radical (unpaired) electrons. The van der Waals surface area contributed by atoms with Crippen LogP contribution in [0.1, 0.15) is 0 Å². The lowest BCUT2D eigenvalue weighted by Gasteiger charge is -2.05. The Morgan fingerprint density at radius 2 is 1.23 bits per heavy atom. The smallest absolute Gasteiger partial charge is 0.423 e. The van der Waals surface area contributed by atoms with E-state index < -0.39 is 14.2 Å². The van der Waals surface area contributed by atoms with Crippen molar-refractivity contribution in [1.82, 2.24) is 0 Å². The van der Waals surface area contributed by atoms with Gasteiger partial charge in [0.2, 0.25) is 0 Å². The van der Waals surface area contributed by atoms with Gasteiger partial charge in [0, 0.05) is 4.90 Å². The molecule has 0 amide bonds. The van der Waals surface area contributed by atoms with Crippen molar-refractivity contribution in [2.75, 3.05) is 0 Å². The molecule has 1 aromatic rings. The summed E-state index contributed by atoms with van der Waals surface area (Å²) in [4.78, 5) is 0.439. The van der Waals surface area contributed by atoms with E-state index in [4.69, 9.17) is 20.1 Å². The second kappa shape index (κ2) is 4.17. The molecule has 0 aliphatic heterocycles. The maximum absolute atomic E-state index is 8.81. The molecule has 0 heterocycles. The van der Waals surface area contributed by atoms with E-state index in [0.717, 1.165) is 0 Å². The molecule has 7 heteroatoms. The summed E-state index contributed by atoms with van der Waals surface area (Å²) in [5.41, 5.74) is 0.353. The van der Waals surface area contributed by atoms with Crippen LogP contribution >= 0.6 is 12.6 Å². The van der Waals surface area contributed by atoms with E-state index in [1.165, 1.54) is 18.2 Å². The Bertz CT molecular complexity index is 278. The monoisotopic (exact) mass is 198 g/mol. The molecule has 13 heavy (non-hydrogen) atoms. The van der Waals surface area contributed by atoms with Gasteiger partial charge < -0.3 is 20.1 Å². The Kier molecular flexibility index (Phi) is 3.40. The first-order chi connectivity index (χ1) is 6.00. The van der Waals surface area contributed by atoms with Gasteiger partial charge in [-0.25, -0.2) is 0 Å². The Hall–Kier alpha value is -0.460. The zero-order valence-electron chi connectivity index (χ0n) is 6.62. The van der Waals surface area contributed by atoms with E-state index in [1.807, 2.05) is 0 Å². The number of benzene rings is 1. The van der Waals surface area contributed by atoms with Crippen molar-refractivity contribution in [3.05, 3.63) is 18.2 Å². The van der Waals surface area contributed by atoms with E-state index in [2.05, 4.69) is 12.6 Å². The highest BCUT2D eigenvalue weighted by atomic mass is 32.1. The van der Waals surface area contributed by atoms with Gasteiger partial charge in [0.05, 0.1) is 0 Å². The summed E-state index contributed by atoms with van der Waals surface area (Å²) in [6, 6.07) is 4.15. The number of thiol groups is 1. The predicted octanol–water partition coefficient (Wildman–Crippen LogP) is -2.67. The fourth-order valence-electron chi connectivity index (χ4n) is 0.957. The first kappa shape index (κ1) is 10.6. The average Bonchev–Trinajstić information content (AvgIpc) is 2.03. The van der Waals surface area contributed by atoms with Crippen molar-refractivity contribution in [2.45, 2.75) is 4.90 Å². The largest absolute Gasteiger partial charge is 0.488 e. The van der Waals surface area contributed by atoms with Gasteiger partial charge in [-0.1, -0.05) is 6.07 Å². The predicted molar refractivity (Wildman–Crippen MR) is 53.3 cm³/mol. The zero-order valence-corrected chi connectivity index (χ0v) is 7.52.